The Labute approximate surface area is 120 Å². The number of nitrogens with zero attached hydrogens (tertiary/aromatic N) is 4. The van der Waals surface area contributed by atoms with Crippen molar-refractivity contribution in [2.24, 2.45) is 0 Å². The Morgan fingerprint density at radius 1 is 1.50 bits per heavy atom. The first-order chi connectivity index (χ1) is 9.47. The molecular formula is C12H16N4O3S. The first-order valence-electron chi connectivity index (χ1n) is 6.17. The zero-order valence-electron chi connectivity index (χ0n) is 11.5. The molecule has 2 aromatic heterocycles. The van der Waals surface area contributed by atoms with Crippen molar-refractivity contribution in [2.75, 3.05) is 5.75 Å². The number of aryl methyl sites for hydroxylation is 1. The normalized spacial score (nSPS) is 11.2. The summed E-state index contributed by atoms with van der Waals surface area (Å²) in [4.78, 5) is 10.7. The Bertz CT molecular complexity index is 606. The third-order valence-corrected chi connectivity index (χ3v) is 3.53. The Morgan fingerprint density at radius 3 is 2.80 bits per heavy atom. The average molecular weight is 296 g/mol. The average Bonchev–Trinajstić information content (AvgIpc) is 2.94. The minimum Gasteiger partial charge on any atom is -0.481 e. The largest absolute Gasteiger partial charge is 0.481 e. The summed E-state index contributed by atoms with van der Waals surface area (Å²) in [5, 5.41) is 21.5. The Balaban J connectivity index is 2.26. The molecule has 0 amide bonds. The van der Waals surface area contributed by atoms with Gasteiger partial charge in [-0.1, -0.05) is 30.8 Å². The second-order valence-corrected chi connectivity index (χ2v) is 5.64. The van der Waals surface area contributed by atoms with Gasteiger partial charge in [0.25, 0.3) is 0 Å². The summed E-state index contributed by atoms with van der Waals surface area (Å²) in [5.74, 6) is 0.800. The van der Waals surface area contributed by atoms with Gasteiger partial charge in [-0.15, -0.1) is 10.2 Å². The predicted molar refractivity (Wildman–Crippen MR) is 72.8 cm³/mol. The van der Waals surface area contributed by atoms with Crippen LogP contribution in [0.5, 0.6) is 0 Å². The van der Waals surface area contributed by atoms with Crippen LogP contribution < -0.4 is 0 Å². The molecule has 1 N–H and O–H groups in total. The fourth-order valence-corrected chi connectivity index (χ4v) is 2.43. The van der Waals surface area contributed by atoms with Crippen molar-refractivity contribution in [3.8, 4) is 0 Å². The predicted octanol–water partition coefficient (Wildman–Crippen LogP) is 1.92. The number of aromatic nitrogens is 4. The van der Waals surface area contributed by atoms with Gasteiger partial charge in [-0.2, -0.15) is 0 Å². The Kier molecular flexibility index (Phi) is 4.43. The SMILES string of the molecule is Cc1cc(Cn2c(SCC(=O)O)nnc2C(C)C)no1. The molecule has 0 aromatic carbocycles. The van der Waals surface area contributed by atoms with Gasteiger partial charge in [-0.3, -0.25) is 9.36 Å². The molecule has 0 aliphatic heterocycles. The van der Waals surface area contributed by atoms with Crippen LogP contribution >= 0.6 is 11.8 Å². The number of thioether (sulfide) groups is 1. The topological polar surface area (TPSA) is 94.0 Å². The molecule has 0 spiro atoms. The van der Waals surface area contributed by atoms with Crippen LogP contribution in [0.15, 0.2) is 15.7 Å². The number of rotatable bonds is 6. The molecule has 0 fully saturated rings. The van der Waals surface area contributed by atoms with Crippen molar-refractivity contribution in [3.63, 3.8) is 0 Å². The zero-order chi connectivity index (χ0) is 14.7. The quantitative estimate of drug-likeness (QED) is 0.814. The van der Waals surface area contributed by atoms with Crippen LogP contribution in [0, 0.1) is 6.92 Å². The van der Waals surface area contributed by atoms with Crippen LogP contribution in [0.2, 0.25) is 0 Å². The monoisotopic (exact) mass is 296 g/mol. The summed E-state index contributed by atoms with van der Waals surface area (Å²) in [6.07, 6.45) is 0. The molecule has 2 heterocycles. The minimum atomic E-state index is -0.882. The summed E-state index contributed by atoms with van der Waals surface area (Å²) in [7, 11) is 0. The Morgan fingerprint density at radius 2 is 2.25 bits per heavy atom. The molecule has 20 heavy (non-hydrogen) atoms. The molecule has 0 saturated heterocycles. The summed E-state index contributed by atoms with van der Waals surface area (Å²) in [6.45, 7) is 6.33. The summed E-state index contributed by atoms with van der Waals surface area (Å²) >= 11 is 1.15. The lowest BCUT2D eigenvalue weighted by atomic mass is 10.2. The van der Waals surface area contributed by atoms with Crippen molar-refractivity contribution in [1.82, 2.24) is 19.9 Å². The lowest BCUT2D eigenvalue weighted by molar-refractivity contribution is -0.133. The van der Waals surface area contributed by atoms with Crippen LogP contribution in [-0.2, 0) is 11.3 Å². The number of hydrogen-bond acceptors (Lipinski definition) is 6. The van der Waals surface area contributed by atoms with E-state index in [4.69, 9.17) is 9.63 Å². The number of carbonyl (C=O) groups is 1. The molecule has 108 valence electrons. The standard InChI is InChI=1S/C12H16N4O3S/c1-7(2)11-13-14-12(20-6-10(17)18)16(11)5-9-4-8(3)19-15-9/h4,7H,5-6H2,1-3H3,(H,17,18). The molecular weight excluding hydrogens is 280 g/mol. The summed E-state index contributed by atoms with van der Waals surface area (Å²) in [5.41, 5.74) is 0.765. The summed E-state index contributed by atoms with van der Waals surface area (Å²) in [6, 6.07) is 1.84. The minimum absolute atomic E-state index is 0.0475. The van der Waals surface area contributed by atoms with Crippen LogP contribution in [0.3, 0.4) is 0 Å². The highest BCUT2D eigenvalue weighted by Gasteiger charge is 2.17. The van der Waals surface area contributed by atoms with E-state index in [1.54, 1.807) is 0 Å². The molecule has 0 saturated carbocycles. The molecule has 0 atom stereocenters. The van der Waals surface area contributed by atoms with Crippen LogP contribution in [0.25, 0.3) is 0 Å². The van der Waals surface area contributed by atoms with Gasteiger partial charge in [-0.05, 0) is 6.92 Å². The van der Waals surface area contributed by atoms with Gasteiger partial charge in [0.05, 0.1) is 12.3 Å². The highest BCUT2D eigenvalue weighted by molar-refractivity contribution is 7.99. The maximum Gasteiger partial charge on any atom is 0.313 e. The molecule has 0 unspecified atom stereocenters. The van der Waals surface area contributed by atoms with Crippen molar-refractivity contribution < 1.29 is 14.4 Å². The fraction of sp³-hybridized carbons (Fsp3) is 0.500. The first kappa shape index (κ1) is 14.6. The second-order valence-electron chi connectivity index (χ2n) is 4.69. The highest BCUT2D eigenvalue weighted by atomic mass is 32.2. The van der Waals surface area contributed by atoms with Crippen molar-refractivity contribution in [2.45, 2.75) is 38.4 Å². The number of carboxylic acid groups (broad SMARTS) is 1. The van der Waals surface area contributed by atoms with E-state index in [2.05, 4.69) is 15.4 Å². The van der Waals surface area contributed by atoms with E-state index in [1.807, 2.05) is 31.4 Å². The van der Waals surface area contributed by atoms with Gasteiger partial charge in [0.1, 0.15) is 17.3 Å². The zero-order valence-corrected chi connectivity index (χ0v) is 12.3. The number of carboxylic acids is 1. The fourth-order valence-electron chi connectivity index (χ4n) is 1.76. The van der Waals surface area contributed by atoms with E-state index >= 15 is 0 Å². The highest BCUT2D eigenvalue weighted by Crippen LogP contribution is 2.22. The number of aliphatic carboxylic acids is 1. The van der Waals surface area contributed by atoms with Crippen molar-refractivity contribution >= 4 is 17.7 Å². The second kappa shape index (κ2) is 6.08. The molecule has 8 heteroatoms. The van der Waals surface area contributed by atoms with E-state index in [1.165, 1.54) is 0 Å². The van der Waals surface area contributed by atoms with Crippen LogP contribution in [0.1, 0.15) is 37.0 Å². The van der Waals surface area contributed by atoms with E-state index in [9.17, 15) is 4.79 Å². The van der Waals surface area contributed by atoms with Gasteiger partial charge in [-0.25, -0.2) is 0 Å². The van der Waals surface area contributed by atoms with Gasteiger partial charge >= 0.3 is 5.97 Å². The summed E-state index contributed by atoms with van der Waals surface area (Å²) < 4.78 is 6.93. The van der Waals surface area contributed by atoms with Crippen LogP contribution in [0.4, 0.5) is 0 Å². The van der Waals surface area contributed by atoms with Gasteiger partial charge in [0.15, 0.2) is 5.16 Å². The molecule has 0 aliphatic rings. The smallest absolute Gasteiger partial charge is 0.313 e. The van der Waals surface area contributed by atoms with E-state index in [0.717, 1.165) is 29.0 Å². The molecule has 0 aliphatic carbocycles. The van der Waals surface area contributed by atoms with Gasteiger partial charge in [0, 0.05) is 12.0 Å². The van der Waals surface area contributed by atoms with E-state index in [-0.39, 0.29) is 11.7 Å². The van der Waals surface area contributed by atoms with E-state index < -0.39 is 5.97 Å². The lowest BCUT2D eigenvalue weighted by Crippen LogP contribution is -2.09. The van der Waals surface area contributed by atoms with Crippen molar-refractivity contribution in [3.05, 3.63) is 23.3 Å². The molecule has 2 aromatic rings. The maximum absolute atomic E-state index is 10.7. The number of hydrogen-bond donors (Lipinski definition) is 1. The third-order valence-electron chi connectivity index (χ3n) is 2.58. The maximum atomic E-state index is 10.7. The molecule has 2 rings (SSSR count). The molecule has 7 nitrogen and oxygen atoms in total. The lowest BCUT2D eigenvalue weighted by Gasteiger charge is -2.09. The first-order valence-corrected chi connectivity index (χ1v) is 7.15. The van der Waals surface area contributed by atoms with Gasteiger partial charge < -0.3 is 9.63 Å². The Hall–Kier alpha value is -1.83. The van der Waals surface area contributed by atoms with Gasteiger partial charge in [0.2, 0.25) is 0 Å². The van der Waals surface area contributed by atoms with E-state index in [0.29, 0.717) is 11.7 Å². The van der Waals surface area contributed by atoms with Crippen LogP contribution in [-0.4, -0.2) is 36.7 Å². The van der Waals surface area contributed by atoms with Crippen molar-refractivity contribution in [1.29, 1.82) is 0 Å². The molecule has 0 radical (unpaired) electrons. The molecule has 0 bridgehead atoms. The third kappa shape index (κ3) is 3.38.